The molecule has 6 nitrogen and oxygen atoms in total. The average Bonchev–Trinajstić information content (AvgIpc) is 2.72. The molecule has 0 unspecified atom stereocenters. The van der Waals surface area contributed by atoms with Crippen LogP contribution in [0.15, 0.2) is 36.4 Å². The standard InChI is InChI=1S/C11H10N6/c12-7-1-3-8(4-2-7)17-15-9-5-6-10(13)14-11(9)16-17/h1-6H,12H2,(H2,13,14,16). The Morgan fingerprint density at radius 2 is 1.65 bits per heavy atom. The molecule has 2 heterocycles. The highest BCUT2D eigenvalue weighted by atomic mass is 15.5. The van der Waals surface area contributed by atoms with Crippen LogP contribution in [0.1, 0.15) is 0 Å². The van der Waals surface area contributed by atoms with Crippen LogP contribution < -0.4 is 11.5 Å². The van der Waals surface area contributed by atoms with E-state index >= 15 is 0 Å². The van der Waals surface area contributed by atoms with E-state index < -0.39 is 0 Å². The van der Waals surface area contributed by atoms with Crippen LogP contribution in [-0.2, 0) is 0 Å². The van der Waals surface area contributed by atoms with Crippen molar-refractivity contribution in [1.29, 1.82) is 0 Å². The molecule has 0 atom stereocenters. The number of fused-ring (bicyclic) bond motifs is 1. The minimum atomic E-state index is 0.432. The van der Waals surface area contributed by atoms with Gasteiger partial charge in [0.2, 0.25) is 5.65 Å². The second kappa shape index (κ2) is 3.44. The molecule has 3 aromatic rings. The van der Waals surface area contributed by atoms with Gasteiger partial charge in [0.15, 0.2) is 0 Å². The van der Waals surface area contributed by atoms with Crippen LogP contribution >= 0.6 is 0 Å². The molecule has 0 saturated carbocycles. The summed E-state index contributed by atoms with van der Waals surface area (Å²) in [6, 6.07) is 10.8. The first kappa shape index (κ1) is 9.59. The fourth-order valence-electron chi connectivity index (χ4n) is 1.54. The third kappa shape index (κ3) is 1.65. The predicted octanol–water partition coefficient (Wildman–Crippen LogP) is 0.980. The Morgan fingerprint density at radius 3 is 2.41 bits per heavy atom. The Bertz CT molecular complexity index is 670. The molecular weight excluding hydrogens is 216 g/mol. The highest BCUT2D eigenvalue weighted by Crippen LogP contribution is 2.13. The van der Waals surface area contributed by atoms with E-state index in [-0.39, 0.29) is 0 Å². The van der Waals surface area contributed by atoms with Crippen LogP contribution in [0.25, 0.3) is 16.9 Å². The lowest BCUT2D eigenvalue weighted by atomic mass is 10.3. The number of benzene rings is 1. The van der Waals surface area contributed by atoms with Crippen molar-refractivity contribution in [3.8, 4) is 5.69 Å². The van der Waals surface area contributed by atoms with Gasteiger partial charge in [0.1, 0.15) is 11.3 Å². The van der Waals surface area contributed by atoms with Crippen molar-refractivity contribution >= 4 is 22.7 Å². The lowest BCUT2D eigenvalue weighted by Gasteiger charge is -1.98. The molecule has 17 heavy (non-hydrogen) atoms. The maximum absolute atomic E-state index is 5.62. The number of hydrogen-bond donors (Lipinski definition) is 2. The molecular formula is C11H10N6. The van der Waals surface area contributed by atoms with Crippen molar-refractivity contribution in [2.75, 3.05) is 11.5 Å². The van der Waals surface area contributed by atoms with Crippen molar-refractivity contribution < 1.29 is 0 Å². The SMILES string of the molecule is Nc1ccc(-n2nc3ccc(N)nc3n2)cc1. The summed E-state index contributed by atoms with van der Waals surface area (Å²) < 4.78 is 0. The van der Waals surface area contributed by atoms with E-state index in [2.05, 4.69) is 15.2 Å². The normalized spacial score (nSPS) is 10.8. The number of nitrogen functional groups attached to an aromatic ring is 2. The zero-order valence-corrected chi connectivity index (χ0v) is 8.91. The van der Waals surface area contributed by atoms with Crippen LogP contribution in [0.2, 0.25) is 0 Å². The largest absolute Gasteiger partial charge is 0.399 e. The average molecular weight is 226 g/mol. The number of hydrogen-bond acceptors (Lipinski definition) is 5. The number of rotatable bonds is 1. The summed E-state index contributed by atoms with van der Waals surface area (Å²) in [4.78, 5) is 5.61. The van der Waals surface area contributed by atoms with E-state index in [1.54, 1.807) is 24.3 Å². The summed E-state index contributed by atoms with van der Waals surface area (Å²) in [5, 5.41) is 8.55. The zero-order chi connectivity index (χ0) is 11.8. The van der Waals surface area contributed by atoms with Crippen LogP contribution in [0, 0.1) is 0 Å². The van der Waals surface area contributed by atoms with Gasteiger partial charge in [-0.1, -0.05) is 0 Å². The van der Waals surface area contributed by atoms with E-state index in [1.165, 1.54) is 4.80 Å². The van der Waals surface area contributed by atoms with Gasteiger partial charge in [-0.05, 0) is 36.4 Å². The van der Waals surface area contributed by atoms with Crippen LogP contribution in [0.3, 0.4) is 0 Å². The molecule has 6 heteroatoms. The first-order valence-electron chi connectivity index (χ1n) is 5.08. The van der Waals surface area contributed by atoms with Gasteiger partial charge in [-0.3, -0.25) is 0 Å². The second-order valence-corrected chi connectivity index (χ2v) is 3.66. The van der Waals surface area contributed by atoms with E-state index in [4.69, 9.17) is 11.5 Å². The molecule has 2 aromatic heterocycles. The van der Waals surface area contributed by atoms with Gasteiger partial charge in [-0.2, -0.15) is 0 Å². The van der Waals surface area contributed by atoms with Gasteiger partial charge in [0.05, 0.1) is 5.69 Å². The topological polar surface area (TPSA) is 95.6 Å². The number of anilines is 2. The summed E-state index contributed by atoms with van der Waals surface area (Å²) in [6.45, 7) is 0. The van der Waals surface area contributed by atoms with Crippen molar-refractivity contribution in [2.24, 2.45) is 0 Å². The summed E-state index contributed by atoms with van der Waals surface area (Å²) >= 11 is 0. The maximum Gasteiger partial charge on any atom is 0.204 e. The molecule has 0 amide bonds. The molecule has 3 rings (SSSR count). The van der Waals surface area contributed by atoms with Gasteiger partial charge >= 0.3 is 0 Å². The summed E-state index contributed by atoms with van der Waals surface area (Å²) in [5.74, 6) is 0.432. The van der Waals surface area contributed by atoms with Crippen LogP contribution in [-0.4, -0.2) is 20.0 Å². The fourth-order valence-corrected chi connectivity index (χ4v) is 1.54. The molecule has 0 aliphatic heterocycles. The number of pyridine rings is 1. The molecule has 0 radical (unpaired) electrons. The van der Waals surface area contributed by atoms with E-state index in [0.29, 0.717) is 22.7 Å². The molecule has 0 saturated heterocycles. The smallest absolute Gasteiger partial charge is 0.204 e. The van der Waals surface area contributed by atoms with Gasteiger partial charge in [-0.15, -0.1) is 15.0 Å². The molecule has 1 aromatic carbocycles. The van der Waals surface area contributed by atoms with Gasteiger partial charge in [0.25, 0.3) is 0 Å². The Hall–Kier alpha value is -2.63. The van der Waals surface area contributed by atoms with Crippen molar-refractivity contribution in [2.45, 2.75) is 0 Å². The predicted molar refractivity (Wildman–Crippen MR) is 65.5 cm³/mol. The minimum Gasteiger partial charge on any atom is -0.399 e. The first-order valence-corrected chi connectivity index (χ1v) is 5.08. The molecule has 0 bridgehead atoms. The van der Waals surface area contributed by atoms with Crippen LogP contribution in [0.5, 0.6) is 0 Å². The third-order valence-electron chi connectivity index (χ3n) is 2.39. The number of nitrogens with zero attached hydrogens (tertiary/aromatic N) is 4. The lowest BCUT2D eigenvalue weighted by Crippen LogP contribution is -1.98. The molecule has 84 valence electrons. The van der Waals surface area contributed by atoms with Gasteiger partial charge in [0, 0.05) is 5.69 Å². The summed E-state index contributed by atoms with van der Waals surface area (Å²) in [6.07, 6.45) is 0. The maximum atomic E-state index is 5.62. The van der Waals surface area contributed by atoms with Gasteiger partial charge in [-0.25, -0.2) is 4.98 Å². The third-order valence-corrected chi connectivity index (χ3v) is 2.39. The monoisotopic (exact) mass is 226 g/mol. The Labute approximate surface area is 96.9 Å². The Balaban J connectivity index is 2.14. The molecule has 0 spiro atoms. The van der Waals surface area contributed by atoms with Gasteiger partial charge < -0.3 is 11.5 Å². The quantitative estimate of drug-likeness (QED) is 0.603. The summed E-state index contributed by atoms with van der Waals surface area (Å²) in [5.41, 5.74) is 14.0. The zero-order valence-electron chi connectivity index (χ0n) is 8.91. The fraction of sp³-hybridized carbons (Fsp3) is 0. The van der Waals surface area contributed by atoms with Crippen molar-refractivity contribution in [3.63, 3.8) is 0 Å². The molecule has 0 aliphatic rings. The van der Waals surface area contributed by atoms with E-state index in [1.807, 2.05) is 12.1 Å². The van der Waals surface area contributed by atoms with Crippen LogP contribution in [0.4, 0.5) is 11.5 Å². The molecule has 4 N–H and O–H groups in total. The van der Waals surface area contributed by atoms with Crippen molar-refractivity contribution in [3.05, 3.63) is 36.4 Å². The highest BCUT2D eigenvalue weighted by Gasteiger charge is 2.05. The summed E-state index contributed by atoms with van der Waals surface area (Å²) in [7, 11) is 0. The van der Waals surface area contributed by atoms with E-state index in [0.717, 1.165) is 5.69 Å². The van der Waals surface area contributed by atoms with Crippen molar-refractivity contribution in [1.82, 2.24) is 20.0 Å². The van der Waals surface area contributed by atoms with E-state index in [9.17, 15) is 0 Å². The molecule has 0 aliphatic carbocycles. The number of nitrogens with two attached hydrogens (primary N) is 2. The first-order chi connectivity index (χ1) is 8.22. The lowest BCUT2D eigenvalue weighted by molar-refractivity contribution is 0.763. The second-order valence-electron chi connectivity index (χ2n) is 3.66. The highest BCUT2D eigenvalue weighted by molar-refractivity contribution is 5.71. The molecule has 0 fully saturated rings. The Kier molecular flexibility index (Phi) is 1.94. The minimum absolute atomic E-state index is 0.432. The number of aromatic nitrogens is 4. The Morgan fingerprint density at radius 1 is 0.882 bits per heavy atom.